The fourth-order valence-electron chi connectivity index (χ4n) is 2.08. The second kappa shape index (κ2) is 6.62. The van der Waals surface area contributed by atoms with E-state index in [0.717, 1.165) is 10.6 Å². The fraction of sp³-hybridized carbons (Fsp3) is 0.615. The van der Waals surface area contributed by atoms with Crippen LogP contribution in [0.15, 0.2) is 0 Å². The third-order valence-corrected chi connectivity index (χ3v) is 4.21. The van der Waals surface area contributed by atoms with Gasteiger partial charge in [-0.15, -0.1) is 11.6 Å². The largest absolute Gasteiger partial charge is 0.336 e. The third-order valence-electron chi connectivity index (χ3n) is 3.02. The molecule has 0 aliphatic carbocycles. The number of carbonyl (C=O) groups excluding carboxylic acids is 2. The number of carbonyl (C=O) groups is 2. The number of hydrogen-bond acceptors (Lipinski definition) is 4. The van der Waals surface area contributed by atoms with Gasteiger partial charge >= 0.3 is 6.03 Å². The molecule has 1 aromatic rings. The Morgan fingerprint density at radius 3 is 2.71 bits per heavy atom. The Morgan fingerprint density at radius 1 is 1.38 bits per heavy atom. The number of nitrogens with zero attached hydrogens (tertiary/aromatic N) is 2. The van der Waals surface area contributed by atoms with E-state index >= 15 is 0 Å². The minimum Gasteiger partial charge on any atom is -0.336 e. The smallest absolute Gasteiger partial charge is 0.321 e. The molecule has 0 spiro atoms. The third kappa shape index (κ3) is 4.07. The molecule has 116 valence electrons. The zero-order chi connectivity index (χ0) is 15.6. The van der Waals surface area contributed by atoms with Crippen molar-refractivity contribution in [1.82, 2.24) is 15.2 Å². The van der Waals surface area contributed by atoms with Crippen LogP contribution in [-0.4, -0.2) is 39.8 Å². The average Bonchev–Trinajstić information content (AvgIpc) is 2.77. The van der Waals surface area contributed by atoms with Crippen LogP contribution in [0.4, 0.5) is 9.93 Å². The highest BCUT2D eigenvalue weighted by Gasteiger charge is 2.26. The lowest BCUT2D eigenvalue weighted by Gasteiger charge is -2.26. The van der Waals surface area contributed by atoms with Gasteiger partial charge in [0.25, 0.3) is 0 Å². The first-order chi connectivity index (χ1) is 9.86. The molecule has 0 bridgehead atoms. The van der Waals surface area contributed by atoms with Gasteiger partial charge in [0.1, 0.15) is 5.38 Å². The van der Waals surface area contributed by atoms with Crippen molar-refractivity contribution in [2.45, 2.75) is 45.2 Å². The molecule has 0 saturated heterocycles. The van der Waals surface area contributed by atoms with Gasteiger partial charge in [0.2, 0.25) is 5.91 Å². The number of fused-ring (bicyclic) bond motifs is 1. The Morgan fingerprint density at radius 2 is 2.10 bits per heavy atom. The van der Waals surface area contributed by atoms with Crippen LogP contribution in [0.3, 0.4) is 0 Å². The first-order valence-corrected chi connectivity index (χ1v) is 8.11. The van der Waals surface area contributed by atoms with Crippen molar-refractivity contribution in [3.8, 4) is 0 Å². The van der Waals surface area contributed by atoms with Gasteiger partial charge in [-0.05, 0) is 20.8 Å². The number of hydrogen-bond donors (Lipinski definition) is 2. The first-order valence-electron chi connectivity index (χ1n) is 6.85. The van der Waals surface area contributed by atoms with Crippen LogP contribution in [0.25, 0.3) is 0 Å². The van der Waals surface area contributed by atoms with Crippen LogP contribution in [0.1, 0.15) is 31.3 Å². The normalized spacial score (nSPS) is 15.6. The molecule has 8 heteroatoms. The van der Waals surface area contributed by atoms with Crippen LogP contribution in [0.2, 0.25) is 0 Å². The minimum atomic E-state index is -0.520. The van der Waals surface area contributed by atoms with E-state index in [2.05, 4.69) is 15.6 Å². The Labute approximate surface area is 132 Å². The maximum Gasteiger partial charge on any atom is 0.321 e. The number of rotatable bonds is 3. The summed E-state index contributed by atoms with van der Waals surface area (Å²) >= 11 is 7.25. The molecule has 1 atom stereocenters. The number of alkyl halides is 1. The summed E-state index contributed by atoms with van der Waals surface area (Å²) in [7, 11) is 0. The van der Waals surface area contributed by atoms with Gasteiger partial charge in [-0.2, -0.15) is 0 Å². The Kier molecular flexibility index (Phi) is 5.05. The van der Waals surface area contributed by atoms with E-state index in [1.165, 1.54) is 11.3 Å². The summed E-state index contributed by atoms with van der Waals surface area (Å²) in [5, 5.41) is 5.52. The lowest BCUT2D eigenvalue weighted by molar-refractivity contribution is -0.131. The van der Waals surface area contributed by atoms with Crippen molar-refractivity contribution in [3.63, 3.8) is 0 Å². The van der Waals surface area contributed by atoms with Gasteiger partial charge in [0.05, 0.1) is 12.2 Å². The summed E-state index contributed by atoms with van der Waals surface area (Å²) in [5.74, 6) is -0.0669. The molecule has 1 aliphatic rings. The SMILES string of the molecule is CC(C)NC(=O)Nc1nc2c(s1)CN(C(=O)C(C)Cl)CC2. The van der Waals surface area contributed by atoms with Crippen molar-refractivity contribution < 1.29 is 9.59 Å². The maximum absolute atomic E-state index is 11.9. The second-order valence-electron chi connectivity index (χ2n) is 5.27. The summed E-state index contributed by atoms with van der Waals surface area (Å²) in [4.78, 5) is 30.7. The Bertz CT molecular complexity index is 544. The molecule has 0 aromatic carbocycles. The van der Waals surface area contributed by atoms with Crippen LogP contribution in [0.5, 0.6) is 0 Å². The van der Waals surface area contributed by atoms with Crippen LogP contribution in [-0.2, 0) is 17.8 Å². The van der Waals surface area contributed by atoms with Crippen molar-refractivity contribution in [3.05, 3.63) is 10.6 Å². The molecule has 1 aromatic heterocycles. The molecule has 2 heterocycles. The highest BCUT2D eigenvalue weighted by Crippen LogP contribution is 2.28. The van der Waals surface area contributed by atoms with Crippen molar-refractivity contribution in [1.29, 1.82) is 0 Å². The first kappa shape index (κ1) is 16.0. The molecule has 6 nitrogen and oxygen atoms in total. The zero-order valence-electron chi connectivity index (χ0n) is 12.3. The average molecular weight is 331 g/mol. The van der Waals surface area contributed by atoms with Crippen LogP contribution >= 0.6 is 22.9 Å². The van der Waals surface area contributed by atoms with E-state index < -0.39 is 5.38 Å². The molecular formula is C13H19ClN4O2S. The molecule has 21 heavy (non-hydrogen) atoms. The second-order valence-corrected chi connectivity index (χ2v) is 7.01. The highest BCUT2D eigenvalue weighted by molar-refractivity contribution is 7.15. The van der Waals surface area contributed by atoms with Crippen LogP contribution < -0.4 is 10.6 Å². The molecule has 2 N–H and O–H groups in total. The van der Waals surface area contributed by atoms with Gasteiger partial charge in [-0.3, -0.25) is 10.1 Å². The predicted molar refractivity (Wildman–Crippen MR) is 83.8 cm³/mol. The van der Waals surface area contributed by atoms with Gasteiger partial charge in [-0.25, -0.2) is 9.78 Å². The predicted octanol–water partition coefficient (Wildman–Crippen LogP) is 2.18. The van der Waals surface area contributed by atoms with Gasteiger partial charge in [0, 0.05) is 23.9 Å². The number of amides is 3. The standard InChI is InChI=1S/C13H19ClN4O2S/c1-7(2)15-12(20)17-13-16-9-4-5-18(6-10(9)21-13)11(19)8(3)14/h7-8H,4-6H2,1-3H3,(H2,15,16,17,20). The topological polar surface area (TPSA) is 74.3 Å². The zero-order valence-corrected chi connectivity index (χ0v) is 13.8. The van der Waals surface area contributed by atoms with Crippen molar-refractivity contribution in [2.24, 2.45) is 0 Å². The van der Waals surface area contributed by atoms with E-state index in [4.69, 9.17) is 11.6 Å². The summed E-state index contributed by atoms with van der Waals surface area (Å²) in [6, 6.07) is -0.198. The number of thiazole rings is 1. The molecule has 1 unspecified atom stereocenters. The van der Waals surface area contributed by atoms with E-state index in [1.807, 2.05) is 13.8 Å². The molecule has 0 radical (unpaired) electrons. The van der Waals surface area contributed by atoms with E-state index in [1.54, 1.807) is 11.8 Å². The summed E-state index contributed by atoms with van der Waals surface area (Å²) in [5.41, 5.74) is 0.950. The van der Waals surface area contributed by atoms with Crippen molar-refractivity contribution >= 4 is 40.0 Å². The molecule has 0 fully saturated rings. The highest BCUT2D eigenvalue weighted by atomic mass is 35.5. The molecule has 3 amide bonds. The van der Waals surface area contributed by atoms with E-state index in [-0.39, 0.29) is 18.0 Å². The fourth-order valence-corrected chi connectivity index (χ4v) is 3.24. The van der Waals surface area contributed by atoms with E-state index in [9.17, 15) is 9.59 Å². The number of urea groups is 1. The molecule has 1 aliphatic heterocycles. The Balaban J connectivity index is 2.02. The summed E-state index contributed by atoms with van der Waals surface area (Å²) in [6.45, 7) is 6.59. The van der Waals surface area contributed by atoms with Crippen molar-refractivity contribution in [2.75, 3.05) is 11.9 Å². The van der Waals surface area contributed by atoms with E-state index in [0.29, 0.717) is 24.6 Å². The molecular weight excluding hydrogens is 312 g/mol. The lowest BCUT2D eigenvalue weighted by atomic mass is 10.1. The van der Waals surface area contributed by atoms with Gasteiger partial charge in [0.15, 0.2) is 5.13 Å². The lowest BCUT2D eigenvalue weighted by Crippen LogP contribution is -2.39. The maximum atomic E-state index is 11.9. The minimum absolute atomic E-state index is 0.0669. The number of halogens is 1. The summed E-state index contributed by atoms with van der Waals surface area (Å²) in [6.07, 6.45) is 0.689. The van der Waals surface area contributed by atoms with Gasteiger partial charge in [-0.1, -0.05) is 11.3 Å². The molecule has 0 saturated carbocycles. The van der Waals surface area contributed by atoms with Crippen LogP contribution in [0, 0.1) is 0 Å². The summed E-state index contributed by atoms with van der Waals surface area (Å²) < 4.78 is 0. The Hall–Kier alpha value is -1.34. The monoisotopic (exact) mass is 330 g/mol. The number of aromatic nitrogens is 1. The quantitative estimate of drug-likeness (QED) is 0.834. The number of nitrogens with one attached hydrogen (secondary N) is 2. The molecule has 2 rings (SSSR count). The van der Waals surface area contributed by atoms with Gasteiger partial charge < -0.3 is 10.2 Å². The number of anilines is 1.